The van der Waals surface area contributed by atoms with Gasteiger partial charge in [-0.05, 0) is 31.2 Å². The fraction of sp³-hybridized carbons (Fsp3) is 0.167. The zero-order chi connectivity index (χ0) is 14.0. The third kappa shape index (κ3) is 2.94. The van der Waals surface area contributed by atoms with Crippen LogP contribution in [0.3, 0.4) is 0 Å². The van der Waals surface area contributed by atoms with E-state index in [1.54, 1.807) is 12.1 Å². The Kier molecular flexibility index (Phi) is 3.59. The lowest BCUT2D eigenvalue weighted by atomic mass is 10.2. The van der Waals surface area contributed by atoms with E-state index in [1.807, 2.05) is 0 Å². The highest BCUT2D eigenvalue weighted by molar-refractivity contribution is 7.89. The Morgan fingerprint density at radius 3 is 2.79 bits per heavy atom. The standard InChI is InChI=1S/C12H13FN2O3S/c1-8-11(13)5-9(14)6-12(8)19(16,17)15-7-10-3-2-4-18-10/h2-6,15H,7,14H2,1H3. The lowest BCUT2D eigenvalue weighted by molar-refractivity contribution is 0.498. The smallest absolute Gasteiger partial charge is 0.241 e. The van der Waals surface area contributed by atoms with E-state index in [0.29, 0.717) is 5.76 Å². The van der Waals surface area contributed by atoms with Crippen LogP contribution in [-0.4, -0.2) is 8.42 Å². The van der Waals surface area contributed by atoms with Crippen molar-refractivity contribution in [3.63, 3.8) is 0 Å². The maximum absolute atomic E-state index is 13.5. The first-order valence-corrected chi connectivity index (χ1v) is 6.96. The highest BCUT2D eigenvalue weighted by atomic mass is 32.2. The van der Waals surface area contributed by atoms with Crippen molar-refractivity contribution in [2.75, 3.05) is 5.73 Å². The van der Waals surface area contributed by atoms with Crippen LogP contribution >= 0.6 is 0 Å². The summed E-state index contributed by atoms with van der Waals surface area (Å²) in [6, 6.07) is 5.59. The van der Waals surface area contributed by atoms with Gasteiger partial charge in [-0.2, -0.15) is 0 Å². The average molecular weight is 284 g/mol. The summed E-state index contributed by atoms with van der Waals surface area (Å²) >= 11 is 0. The molecule has 0 aliphatic rings. The summed E-state index contributed by atoms with van der Waals surface area (Å²) in [5.41, 5.74) is 5.55. The van der Waals surface area contributed by atoms with E-state index < -0.39 is 15.8 Å². The molecule has 5 nitrogen and oxygen atoms in total. The molecular formula is C12H13FN2O3S. The summed E-state index contributed by atoms with van der Waals surface area (Å²) in [6.45, 7) is 1.38. The van der Waals surface area contributed by atoms with E-state index in [9.17, 15) is 12.8 Å². The number of nitrogens with two attached hydrogens (primary N) is 1. The maximum Gasteiger partial charge on any atom is 0.241 e. The highest BCUT2D eigenvalue weighted by Crippen LogP contribution is 2.21. The van der Waals surface area contributed by atoms with E-state index in [0.717, 1.165) is 6.07 Å². The van der Waals surface area contributed by atoms with Crippen molar-refractivity contribution in [3.05, 3.63) is 47.7 Å². The molecule has 0 fully saturated rings. The second kappa shape index (κ2) is 5.02. The molecular weight excluding hydrogens is 271 g/mol. The van der Waals surface area contributed by atoms with Crippen LogP contribution in [0.15, 0.2) is 39.8 Å². The maximum atomic E-state index is 13.5. The molecule has 102 valence electrons. The van der Waals surface area contributed by atoms with Crippen molar-refractivity contribution in [2.45, 2.75) is 18.4 Å². The van der Waals surface area contributed by atoms with Crippen LogP contribution in [0.2, 0.25) is 0 Å². The quantitative estimate of drug-likeness (QED) is 0.838. The summed E-state index contributed by atoms with van der Waals surface area (Å²) in [7, 11) is -3.84. The van der Waals surface area contributed by atoms with Gasteiger partial charge >= 0.3 is 0 Å². The number of halogens is 1. The van der Waals surface area contributed by atoms with Gasteiger partial charge in [0.1, 0.15) is 11.6 Å². The van der Waals surface area contributed by atoms with Crippen LogP contribution in [0.1, 0.15) is 11.3 Å². The second-order valence-corrected chi connectivity index (χ2v) is 5.77. The first kappa shape index (κ1) is 13.6. The molecule has 0 amide bonds. The normalized spacial score (nSPS) is 11.7. The lowest BCUT2D eigenvalue weighted by Crippen LogP contribution is -2.24. The number of hydrogen-bond donors (Lipinski definition) is 2. The highest BCUT2D eigenvalue weighted by Gasteiger charge is 2.20. The van der Waals surface area contributed by atoms with Gasteiger partial charge in [0, 0.05) is 11.3 Å². The molecule has 2 aromatic rings. The first-order chi connectivity index (χ1) is 8.90. The molecule has 0 spiro atoms. The first-order valence-electron chi connectivity index (χ1n) is 5.48. The molecule has 0 saturated carbocycles. The molecule has 0 saturated heterocycles. The Labute approximate surface area is 110 Å². The molecule has 2 rings (SSSR count). The van der Waals surface area contributed by atoms with Crippen LogP contribution in [0.25, 0.3) is 0 Å². The van der Waals surface area contributed by atoms with Crippen molar-refractivity contribution in [2.24, 2.45) is 0 Å². The average Bonchev–Trinajstić information content (AvgIpc) is 2.84. The minimum atomic E-state index is -3.84. The zero-order valence-electron chi connectivity index (χ0n) is 10.2. The van der Waals surface area contributed by atoms with Gasteiger partial charge in [0.2, 0.25) is 10.0 Å². The number of nitrogens with one attached hydrogen (secondary N) is 1. The Morgan fingerprint density at radius 1 is 1.42 bits per heavy atom. The van der Waals surface area contributed by atoms with Gasteiger partial charge in [0.05, 0.1) is 17.7 Å². The number of sulfonamides is 1. The van der Waals surface area contributed by atoms with Crippen LogP contribution in [0, 0.1) is 12.7 Å². The molecule has 0 atom stereocenters. The molecule has 1 heterocycles. The minimum Gasteiger partial charge on any atom is -0.468 e. The van der Waals surface area contributed by atoms with Gasteiger partial charge in [-0.25, -0.2) is 17.5 Å². The van der Waals surface area contributed by atoms with Crippen LogP contribution in [0.4, 0.5) is 10.1 Å². The molecule has 0 radical (unpaired) electrons. The Hall–Kier alpha value is -1.86. The summed E-state index contributed by atoms with van der Waals surface area (Å²) < 4.78 is 45.0. The Bertz CT molecular complexity index is 681. The topological polar surface area (TPSA) is 85.3 Å². The van der Waals surface area contributed by atoms with Gasteiger partial charge in [0.15, 0.2) is 0 Å². The fourth-order valence-corrected chi connectivity index (χ4v) is 2.89. The Balaban J connectivity index is 2.29. The molecule has 0 aliphatic heterocycles. The lowest BCUT2D eigenvalue weighted by Gasteiger charge is -2.10. The van der Waals surface area contributed by atoms with Crippen LogP contribution < -0.4 is 10.5 Å². The van der Waals surface area contributed by atoms with E-state index in [4.69, 9.17) is 10.2 Å². The molecule has 1 aromatic heterocycles. The van der Waals surface area contributed by atoms with Gasteiger partial charge in [-0.1, -0.05) is 0 Å². The summed E-state index contributed by atoms with van der Waals surface area (Å²) in [6.07, 6.45) is 1.44. The third-order valence-electron chi connectivity index (χ3n) is 2.63. The number of nitrogen functional groups attached to an aromatic ring is 1. The molecule has 0 bridgehead atoms. The molecule has 7 heteroatoms. The van der Waals surface area contributed by atoms with Gasteiger partial charge in [-0.15, -0.1) is 0 Å². The molecule has 1 aromatic carbocycles. The van der Waals surface area contributed by atoms with Gasteiger partial charge in [-0.3, -0.25) is 0 Å². The molecule has 0 unspecified atom stereocenters. The summed E-state index contributed by atoms with van der Waals surface area (Å²) in [5.74, 6) is -0.191. The van der Waals surface area contributed by atoms with Crippen molar-refractivity contribution in [1.82, 2.24) is 4.72 Å². The van der Waals surface area contributed by atoms with E-state index in [2.05, 4.69) is 4.72 Å². The van der Waals surface area contributed by atoms with Crippen molar-refractivity contribution >= 4 is 15.7 Å². The number of anilines is 1. The van der Waals surface area contributed by atoms with Crippen LogP contribution in [-0.2, 0) is 16.6 Å². The zero-order valence-corrected chi connectivity index (χ0v) is 11.0. The number of furan rings is 1. The molecule has 3 N–H and O–H groups in total. The number of rotatable bonds is 4. The largest absolute Gasteiger partial charge is 0.468 e. The number of benzene rings is 1. The fourth-order valence-electron chi connectivity index (χ4n) is 1.61. The van der Waals surface area contributed by atoms with E-state index in [1.165, 1.54) is 19.3 Å². The molecule has 19 heavy (non-hydrogen) atoms. The summed E-state index contributed by atoms with van der Waals surface area (Å²) in [4.78, 5) is -0.170. The van der Waals surface area contributed by atoms with E-state index in [-0.39, 0.29) is 22.7 Å². The van der Waals surface area contributed by atoms with E-state index >= 15 is 0 Å². The monoisotopic (exact) mass is 284 g/mol. The van der Waals surface area contributed by atoms with Crippen molar-refractivity contribution in [1.29, 1.82) is 0 Å². The van der Waals surface area contributed by atoms with Gasteiger partial charge < -0.3 is 10.2 Å². The predicted octanol–water partition coefficient (Wildman–Crippen LogP) is 1.79. The second-order valence-electron chi connectivity index (χ2n) is 4.03. The Morgan fingerprint density at radius 2 is 2.16 bits per heavy atom. The molecule has 0 aliphatic carbocycles. The van der Waals surface area contributed by atoms with Crippen LogP contribution in [0.5, 0.6) is 0 Å². The summed E-state index contributed by atoms with van der Waals surface area (Å²) in [5, 5.41) is 0. The predicted molar refractivity (Wildman–Crippen MR) is 68.3 cm³/mol. The van der Waals surface area contributed by atoms with Gasteiger partial charge in [0.25, 0.3) is 0 Å². The SMILES string of the molecule is Cc1c(F)cc(N)cc1S(=O)(=O)NCc1ccco1. The third-order valence-corrected chi connectivity index (χ3v) is 4.15. The minimum absolute atomic E-state index is 0.00874. The van der Waals surface area contributed by atoms with Crippen molar-refractivity contribution in [3.8, 4) is 0 Å². The number of hydrogen-bond acceptors (Lipinski definition) is 4. The van der Waals surface area contributed by atoms with Crippen molar-refractivity contribution < 1.29 is 17.2 Å².